The maximum atomic E-state index is 13.9. The number of hydrogen-bond acceptors (Lipinski definition) is 3. The zero-order valence-electron chi connectivity index (χ0n) is 19.3. The fourth-order valence-corrected chi connectivity index (χ4v) is 4.79. The average Bonchev–Trinajstić information content (AvgIpc) is 3.17. The highest BCUT2D eigenvalue weighted by Crippen LogP contribution is 2.28. The van der Waals surface area contributed by atoms with Crippen LogP contribution in [0.25, 0.3) is 0 Å². The van der Waals surface area contributed by atoms with E-state index >= 15 is 0 Å². The summed E-state index contributed by atoms with van der Waals surface area (Å²) in [5.41, 5.74) is 3.28. The van der Waals surface area contributed by atoms with Gasteiger partial charge in [0.25, 0.3) is 11.8 Å². The number of nitrogens with one attached hydrogen (secondary N) is 1. The van der Waals surface area contributed by atoms with Crippen molar-refractivity contribution in [3.8, 4) is 0 Å². The number of hydrogen-bond donors (Lipinski definition) is 1. The van der Waals surface area contributed by atoms with Crippen molar-refractivity contribution in [2.45, 2.75) is 18.5 Å². The van der Waals surface area contributed by atoms with E-state index in [0.717, 1.165) is 26.1 Å². The van der Waals surface area contributed by atoms with Crippen molar-refractivity contribution in [1.29, 1.82) is 0 Å². The van der Waals surface area contributed by atoms with Crippen molar-refractivity contribution in [1.82, 2.24) is 10.2 Å². The number of carbonyl (C=O) groups excluding carboxylic acids is 3. The lowest BCUT2D eigenvalue weighted by molar-refractivity contribution is -0.125. The molecule has 6 heteroatoms. The van der Waals surface area contributed by atoms with Crippen LogP contribution in [-0.2, 0) is 11.2 Å². The fraction of sp³-hybridized carbons (Fsp3) is 0.100. The Kier molecular flexibility index (Phi) is 6.78. The number of carbonyl (C=O) groups is 3. The summed E-state index contributed by atoms with van der Waals surface area (Å²) in [6.45, 7) is 0. The van der Waals surface area contributed by atoms with Crippen LogP contribution < -0.4 is 5.32 Å². The SMILES string of the molecule is O=C(N[C@@H](c1ccccc1)c1ccc(Br)cc1)[C@H](Cc1ccccc1)N1C(=O)c2ccccc2C1=O. The second kappa shape index (κ2) is 10.3. The van der Waals surface area contributed by atoms with Crippen molar-refractivity contribution in [2.24, 2.45) is 0 Å². The van der Waals surface area contributed by atoms with Crippen LogP contribution in [0.5, 0.6) is 0 Å². The van der Waals surface area contributed by atoms with E-state index in [1.807, 2.05) is 84.9 Å². The molecule has 0 saturated heterocycles. The van der Waals surface area contributed by atoms with Crippen LogP contribution in [0, 0.1) is 0 Å². The van der Waals surface area contributed by atoms with Crippen molar-refractivity contribution in [3.63, 3.8) is 0 Å². The van der Waals surface area contributed by atoms with E-state index in [4.69, 9.17) is 0 Å². The molecular weight excluding hydrogens is 516 g/mol. The molecule has 178 valence electrons. The minimum atomic E-state index is -1.01. The maximum absolute atomic E-state index is 13.9. The largest absolute Gasteiger partial charge is 0.343 e. The molecule has 0 aromatic heterocycles. The van der Waals surface area contributed by atoms with E-state index in [1.165, 1.54) is 0 Å². The Bertz CT molecular complexity index is 1370. The highest BCUT2D eigenvalue weighted by Gasteiger charge is 2.43. The normalized spacial score (nSPS) is 14.3. The van der Waals surface area contributed by atoms with Crippen LogP contribution in [0.2, 0.25) is 0 Å². The van der Waals surface area contributed by atoms with Gasteiger partial charge in [-0.15, -0.1) is 0 Å². The molecule has 0 saturated carbocycles. The zero-order chi connectivity index (χ0) is 25.1. The molecular formula is C30H23BrN2O3. The molecule has 4 aromatic rings. The summed E-state index contributed by atoms with van der Waals surface area (Å²) in [7, 11) is 0. The van der Waals surface area contributed by atoms with Gasteiger partial charge in [0, 0.05) is 10.9 Å². The quantitative estimate of drug-likeness (QED) is 0.313. The smallest absolute Gasteiger partial charge is 0.262 e. The fourth-order valence-electron chi connectivity index (χ4n) is 4.53. The zero-order valence-corrected chi connectivity index (χ0v) is 20.9. The molecule has 4 aromatic carbocycles. The molecule has 1 heterocycles. The van der Waals surface area contributed by atoms with Crippen LogP contribution in [-0.4, -0.2) is 28.7 Å². The molecule has 0 fully saturated rings. The highest BCUT2D eigenvalue weighted by molar-refractivity contribution is 9.10. The molecule has 5 nitrogen and oxygen atoms in total. The van der Waals surface area contributed by atoms with Gasteiger partial charge in [-0.2, -0.15) is 0 Å². The summed E-state index contributed by atoms with van der Waals surface area (Å²) in [6.07, 6.45) is 0.208. The van der Waals surface area contributed by atoms with Crippen LogP contribution in [0.4, 0.5) is 0 Å². The first kappa shape index (κ1) is 23.7. The maximum Gasteiger partial charge on any atom is 0.262 e. The molecule has 1 aliphatic rings. The first-order valence-corrected chi connectivity index (χ1v) is 12.4. The van der Waals surface area contributed by atoms with E-state index in [1.54, 1.807) is 24.3 Å². The van der Waals surface area contributed by atoms with Gasteiger partial charge < -0.3 is 5.32 Å². The molecule has 3 amide bonds. The lowest BCUT2D eigenvalue weighted by Crippen LogP contribution is -2.51. The van der Waals surface area contributed by atoms with Crippen molar-refractivity contribution in [3.05, 3.63) is 141 Å². The number of amides is 3. The first-order valence-electron chi connectivity index (χ1n) is 11.6. The molecule has 2 atom stereocenters. The van der Waals surface area contributed by atoms with Crippen LogP contribution >= 0.6 is 15.9 Å². The molecule has 1 N–H and O–H groups in total. The molecule has 36 heavy (non-hydrogen) atoms. The van der Waals surface area contributed by atoms with Crippen LogP contribution in [0.3, 0.4) is 0 Å². The van der Waals surface area contributed by atoms with Crippen molar-refractivity contribution in [2.75, 3.05) is 0 Å². The van der Waals surface area contributed by atoms with E-state index in [2.05, 4.69) is 21.2 Å². The van der Waals surface area contributed by atoms with Gasteiger partial charge in [0.1, 0.15) is 6.04 Å². The van der Waals surface area contributed by atoms with Gasteiger partial charge in [0.05, 0.1) is 17.2 Å². The molecule has 0 radical (unpaired) electrons. The first-order chi connectivity index (χ1) is 17.5. The molecule has 1 aliphatic heterocycles. The van der Waals surface area contributed by atoms with E-state index in [-0.39, 0.29) is 6.42 Å². The predicted octanol–water partition coefficient (Wildman–Crippen LogP) is 5.56. The number of halogens is 1. The summed E-state index contributed by atoms with van der Waals surface area (Å²) in [4.78, 5) is 41.7. The van der Waals surface area contributed by atoms with Gasteiger partial charge in [-0.25, -0.2) is 0 Å². The number of rotatable bonds is 7. The van der Waals surface area contributed by atoms with E-state index in [0.29, 0.717) is 11.1 Å². The van der Waals surface area contributed by atoms with Gasteiger partial charge in [0.15, 0.2) is 0 Å². The number of benzene rings is 4. The summed E-state index contributed by atoms with van der Waals surface area (Å²) < 4.78 is 0.928. The van der Waals surface area contributed by atoms with Crippen LogP contribution in [0.15, 0.2) is 114 Å². The van der Waals surface area contributed by atoms with Crippen LogP contribution in [0.1, 0.15) is 43.4 Å². The summed E-state index contributed by atoms with van der Waals surface area (Å²) in [5.74, 6) is -1.30. The Morgan fingerprint density at radius 3 is 1.78 bits per heavy atom. The van der Waals surface area contributed by atoms with Gasteiger partial charge >= 0.3 is 0 Å². The monoisotopic (exact) mass is 538 g/mol. The molecule has 0 bridgehead atoms. The second-order valence-electron chi connectivity index (χ2n) is 8.64. The average molecular weight is 539 g/mol. The van der Waals surface area contributed by atoms with Crippen molar-refractivity contribution >= 4 is 33.7 Å². The third-order valence-corrected chi connectivity index (χ3v) is 6.86. The van der Waals surface area contributed by atoms with Gasteiger partial charge in [-0.05, 0) is 41.0 Å². The lowest BCUT2D eigenvalue weighted by Gasteiger charge is -2.28. The standard InChI is InChI=1S/C30H23BrN2O3/c31-23-17-15-22(16-18-23)27(21-11-5-2-6-12-21)32-28(34)26(19-20-9-3-1-4-10-20)33-29(35)24-13-7-8-14-25(24)30(33)36/h1-18,26-27H,19H2,(H,32,34)/t26-,27-/m0/s1. The Labute approximate surface area is 217 Å². The minimum Gasteiger partial charge on any atom is -0.343 e. The number of imide groups is 1. The molecule has 5 rings (SSSR count). The topological polar surface area (TPSA) is 66.5 Å². The number of nitrogens with zero attached hydrogens (tertiary/aromatic N) is 1. The Morgan fingerprint density at radius 2 is 1.19 bits per heavy atom. The van der Waals surface area contributed by atoms with E-state index < -0.39 is 29.8 Å². The van der Waals surface area contributed by atoms with E-state index in [9.17, 15) is 14.4 Å². The predicted molar refractivity (Wildman–Crippen MR) is 141 cm³/mol. The summed E-state index contributed by atoms with van der Waals surface area (Å²) in [5, 5.41) is 3.13. The summed E-state index contributed by atoms with van der Waals surface area (Å²) >= 11 is 3.47. The molecule has 0 unspecified atom stereocenters. The van der Waals surface area contributed by atoms with Gasteiger partial charge in [-0.3, -0.25) is 19.3 Å². The Morgan fingerprint density at radius 1 is 0.694 bits per heavy atom. The number of fused-ring (bicyclic) bond motifs is 1. The minimum absolute atomic E-state index is 0.208. The van der Waals surface area contributed by atoms with Crippen molar-refractivity contribution < 1.29 is 14.4 Å². The highest BCUT2D eigenvalue weighted by atomic mass is 79.9. The molecule has 0 aliphatic carbocycles. The Hall–Kier alpha value is -4.03. The van der Waals surface area contributed by atoms with Gasteiger partial charge in [-0.1, -0.05) is 101 Å². The Balaban J connectivity index is 1.52. The molecule has 0 spiro atoms. The third kappa shape index (κ3) is 4.72. The third-order valence-electron chi connectivity index (χ3n) is 6.33. The summed E-state index contributed by atoms with van der Waals surface area (Å²) in [6, 6.07) is 32.0. The second-order valence-corrected chi connectivity index (χ2v) is 9.55. The van der Waals surface area contributed by atoms with Gasteiger partial charge in [0.2, 0.25) is 5.91 Å². The lowest BCUT2D eigenvalue weighted by atomic mass is 9.97.